The Morgan fingerprint density at radius 2 is 2.47 bits per heavy atom. The van der Waals surface area contributed by atoms with Gasteiger partial charge in [-0.15, -0.1) is 0 Å². The Hall–Kier alpha value is -0.780. The number of pyridine rings is 1. The molecule has 1 aliphatic heterocycles. The van der Waals surface area contributed by atoms with Crippen LogP contribution in [0, 0.1) is 0 Å². The number of amidine groups is 1. The van der Waals surface area contributed by atoms with E-state index in [9.17, 15) is 0 Å². The Kier molecular flexibility index (Phi) is 3.14. The van der Waals surface area contributed by atoms with Crippen LogP contribution in [0.3, 0.4) is 0 Å². The molecule has 0 saturated carbocycles. The van der Waals surface area contributed by atoms with Gasteiger partial charge in [0.05, 0.1) is 13.2 Å². The van der Waals surface area contributed by atoms with Crippen LogP contribution in [0.4, 0.5) is 5.82 Å². The molecule has 0 bridgehead atoms. The number of aliphatic hydroxyl groups excluding tert-OH is 1. The first-order chi connectivity index (χ1) is 7.24. The molecule has 80 valence electrons. The predicted molar refractivity (Wildman–Crippen MR) is 63.4 cm³/mol. The van der Waals surface area contributed by atoms with E-state index in [1.807, 2.05) is 12.3 Å². The average Bonchev–Trinajstić information content (AvgIpc) is 2.27. The van der Waals surface area contributed by atoms with E-state index < -0.39 is 0 Å². The zero-order chi connectivity index (χ0) is 10.8. The van der Waals surface area contributed by atoms with Gasteiger partial charge in [0.25, 0.3) is 0 Å². The third kappa shape index (κ3) is 2.09. The van der Waals surface area contributed by atoms with Crippen molar-refractivity contribution in [3.05, 3.63) is 22.3 Å². The molecule has 2 heterocycles. The maximum atomic E-state index is 9.03. The van der Waals surface area contributed by atoms with Crippen molar-refractivity contribution in [1.29, 1.82) is 0 Å². The number of hydrogen-bond acceptors (Lipinski definition) is 5. The van der Waals surface area contributed by atoms with E-state index >= 15 is 0 Å². The van der Waals surface area contributed by atoms with Crippen molar-refractivity contribution in [1.82, 2.24) is 4.98 Å². The molecule has 1 aromatic rings. The van der Waals surface area contributed by atoms with Crippen LogP contribution in [0.25, 0.3) is 0 Å². The quantitative estimate of drug-likeness (QED) is 0.740. The first kappa shape index (κ1) is 10.7. The highest BCUT2D eigenvalue weighted by Gasteiger charge is 2.15. The van der Waals surface area contributed by atoms with Crippen molar-refractivity contribution in [2.24, 2.45) is 4.99 Å². The number of hydrogen-bond donors (Lipinski definition) is 2. The van der Waals surface area contributed by atoms with Gasteiger partial charge in [0.1, 0.15) is 11.0 Å². The van der Waals surface area contributed by atoms with Crippen LogP contribution in [-0.4, -0.2) is 21.5 Å². The summed E-state index contributed by atoms with van der Waals surface area (Å²) in [6, 6.07) is 1.83. The SMILES string of the molecule is CSC1=NCc2cc(CO)c(Cl)nc2N1. The minimum absolute atomic E-state index is 0.0990. The van der Waals surface area contributed by atoms with Gasteiger partial charge in [-0.05, 0) is 12.3 Å². The highest BCUT2D eigenvalue weighted by molar-refractivity contribution is 8.13. The summed E-state index contributed by atoms with van der Waals surface area (Å²) in [5.41, 5.74) is 1.60. The fraction of sp³-hybridized carbons (Fsp3) is 0.333. The van der Waals surface area contributed by atoms with Crippen LogP contribution in [0.1, 0.15) is 11.1 Å². The fourth-order valence-corrected chi connectivity index (χ4v) is 1.92. The molecule has 0 unspecified atom stereocenters. The van der Waals surface area contributed by atoms with E-state index in [1.54, 1.807) is 0 Å². The zero-order valence-electron chi connectivity index (χ0n) is 8.12. The summed E-state index contributed by atoms with van der Waals surface area (Å²) < 4.78 is 0. The zero-order valence-corrected chi connectivity index (χ0v) is 9.69. The van der Waals surface area contributed by atoms with E-state index in [1.165, 1.54) is 11.8 Å². The van der Waals surface area contributed by atoms with Gasteiger partial charge < -0.3 is 10.4 Å². The third-order valence-electron chi connectivity index (χ3n) is 2.11. The Morgan fingerprint density at radius 1 is 1.67 bits per heavy atom. The molecule has 0 atom stereocenters. The first-order valence-corrected chi connectivity index (χ1v) is 5.99. The summed E-state index contributed by atoms with van der Waals surface area (Å²) in [6.07, 6.45) is 1.94. The number of fused-ring (bicyclic) bond motifs is 1. The minimum atomic E-state index is -0.0990. The molecule has 0 saturated heterocycles. The molecule has 6 heteroatoms. The molecular formula is C9H10ClN3OS. The molecule has 0 spiro atoms. The van der Waals surface area contributed by atoms with Crippen LogP contribution in [0.2, 0.25) is 5.15 Å². The molecule has 1 aromatic heterocycles. The van der Waals surface area contributed by atoms with Crippen molar-refractivity contribution in [3.63, 3.8) is 0 Å². The standard InChI is InChI=1S/C9H10ClN3OS/c1-15-9-11-3-5-2-6(4-14)7(10)12-8(5)13-9/h2,14H,3-4H2,1H3,(H,11,12,13). The number of rotatable bonds is 1. The number of aliphatic hydroxyl groups is 1. The van der Waals surface area contributed by atoms with Gasteiger partial charge >= 0.3 is 0 Å². The third-order valence-corrected chi connectivity index (χ3v) is 3.05. The molecule has 15 heavy (non-hydrogen) atoms. The van der Waals surface area contributed by atoms with Crippen LogP contribution in [0.15, 0.2) is 11.1 Å². The van der Waals surface area contributed by atoms with E-state index in [4.69, 9.17) is 16.7 Å². The lowest BCUT2D eigenvalue weighted by molar-refractivity contribution is 0.281. The minimum Gasteiger partial charge on any atom is -0.392 e. The van der Waals surface area contributed by atoms with Gasteiger partial charge in [0.2, 0.25) is 0 Å². The molecule has 0 aliphatic carbocycles. The average molecular weight is 244 g/mol. The number of nitrogens with one attached hydrogen (secondary N) is 1. The molecule has 0 radical (unpaired) electrons. The maximum Gasteiger partial charge on any atom is 0.162 e. The Balaban J connectivity index is 2.37. The molecule has 2 N–H and O–H groups in total. The van der Waals surface area contributed by atoms with Gasteiger partial charge in [0, 0.05) is 11.1 Å². The van der Waals surface area contributed by atoms with Crippen LogP contribution >= 0.6 is 23.4 Å². The van der Waals surface area contributed by atoms with Crippen LogP contribution < -0.4 is 5.32 Å². The molecular weight excluding hydrogens is 234 g/mol. The lowest BCUT2D eigenvalue weighted by Gasteiger charge is -2.17. The molecule has 4 nitrogen and oxygen atoms in total. The second-order valence-electron chi connectivity index (χ2n) is 3.05. The number of aliphatic imine (C=N–C) groups is 1. The summed E-state index contributed by atoms with van der Waals surface area (Å²) in [7, 11) is 0. The van der Waals surface area contributed by atoms with E-state index in [-0.39, 0.29) is 6.61 Å². The Bertz CT molecular complexity index is 422. The highest BCUT2D eigenvalue weighted by atomic mass is 35.5. The summed E-state index contributed by atoms with van der Waals surface area (Å²) in [4.78, 5) is 8.48. The summed E-state index contributed by atoms with van der Waals surface area (Å²) >= 11 is 7.43. The lowest BCUT2D eigenvalue weighted by Crippen LogP contribution is -2.16. The van der Waals surface area contributed by atoms with E-state index in [2.05, 4.69) is 15.3 Å². The first-order valence-electron chi connectivity index (χ1n) is 4.39. The van der Waals surface area contributed by atoms with Crippen molar-refractivity contribution in [2.45, 2.75) is 13.2 Å². The van der Waals surface area contributed by atoms with Gasteiger partial charge in [-0.2, -0.15) is 0 Å². The molecule has 0 aromatic carbocycles. The normalized spacial score (nSPS) is 14.2. The van der Waals surface area contributed by atoms with Gasteiger partial charge in [-0.1, -0.05) is 23.4 Å². The van der Waals surface area contributed by atoms with Crippen molar-refractivity contribution < 1.29 is 5.11 Å². The smallest absolute Gasteiger partial charge is 0.162 e. The van der Waals surface area contributed by atoms with Gasteiger partial charge in [-0.25, -0.2) is 4.98 Å². The van der Waals surface area contributed by atoms with Crippen molar-refractivity contribution >= 4 is 34.3 Å². The number of nitrogens with zero attached hydrogens (tertiary/aromatic N) is 2. The molecule has 2 rings (SSSR count). The summed E-state index contributed by atoms with van der Waals surface area (Å²) in [6.45, 7) is 0.480. The molecule has 0 amide bonds. The number of aromatic nitrogens is 1. The summed E-state index contributed by atoms with van der Waals surface area (Å²) in [5.74, 6) is 0.733. The number of thioether (sulfide) groups is 1. The second-order valence-corrected chi connectivity index (χ2v) is 4.21. The van der Waals surface area contributed by atoms with E-state index in [0.717, 1.165) is 16.5 Å². The Labute approximate surface area is 96.8 Å². The van der Waals surface area contributed by atoms with Gasteiger partial charge in [-0.3, -0.25) is 4.99 Å². The monoisotopic (exact) mass is 243 g/mol. The summed E-state index contributed by atoms with van der Waals surface area (Å²) in [5, 5.41) is 13.3. The number of halogens is 1. The second kappa shape index (κ2) is 4.38. The largest absolute Gasteiger partial charge is 0.392 e. The number of anilines is 1. The predicted octanol–water partition coefficient (Wildman–Crippen LogP) is 1.87. The van der Waals surface area contributed by atoms with Crippen molar-refractivity contribution in [2.75, 3.05) is 11.6 Å². The fourth-order valence-electron chi connectivity index (χ4n) is 1.33. The maximum absolute atomic E-state index is 9.03. The molecule has 1 aliphatic rings. The lowest BCUT2D eigenvalue weighted by atomic mass is 10.2. The highest BCUT2D eigenvalue weighted by Crippen LogP contribution is 2.25. The Morgan fingerprint density at radius 3 is 3.13 bits per heavy atom. The van der Waals surface area contributed by atoms with Crippen LogP contribution in [-0.2, 0) is 13.2 Å². The van der Waals surface area contributed by atoms with Crippen LogP contribution in [0.5, 0.6) is 0 Å². The van der Waals surface area contributed by atoms with Gasteiger partial charge in [0.15, 0.2) is 5.17 Å². The topological polar surface area (TPSA) is 57.5 Å². The van der Waals surface area contributed by atoms with Crippen molar-refractivity contribution in [3.8, 4) is 0 Å². The van der Waals surface area contributed by atoms with E-state index in [0.29, 0.717) is 17.3 Å². The molecule has 0 fully saturated rings.